The largest absolute Gasteiger partial charge is 2.00 e. The van der Waals surface area contributed by atoms with E-state index in [0.717, 1.165) is 0 Å². The van der Waals surface area contributed by atoms with Gasteiger partial charge in [-0.2, -0.15) is 13.2 Å². The van der Waals surface area contributed by atoms with Crippen LogP contribution in [0.4, 0.5) is 13.2 Å². The fraction of sp³-hybridized carbons (Fsp3) is 1.00. The van der Waals surface area contributed by atoms with Crippen LogP contribution in [0.1, 0.15) is 2.85 Å². The fourth-order valence-corrected chi connectivity index (χ4v) is 0. The maximum atomic E-state index is 10.3. The van der Waals surface area contributed by atoms with Crippen LogP contribution in [0.2, 0.25) is 0 Å². The first kappa shape index (κ1) is 10.3. The predicted octanol–water partition coefficient (Wildman–Crippen LogP) is 1.79. The van der Waals surface area contributed by atoms with E-state index in [0.29, 0.717) is 22.6 Å². The van der Waals surface area contributed by atoms with E-state index in [4.69, 9.17) is 0 Å². The van der Waals surface area contributed by atoms with E-state index in [1.54, 1.807) is 0 Å². The van der Waals surface area contributed by atoms with E-state index in [-0.39, 0.29) is 25.9 Å². The summed E-state index contributed by atoms with van der Waals surface area (Å²) in [7, 11) is 0. The third-order valence-electron chi connectivity index (χ3n) is 0. The molecule has 0 spiro atoms. The van der Waals surface area contributed by atoms with E-state index in [1.807, 2.05) is 0 Å². The van der Waals surface area contributed by atoms with Gasteiger partial charge in [0, 0.05) is 22.6 Å². The topological polar surface area (TPSA) is 0 Å². The van der Waals surface area contributed by atoms with Crippen LogP contribution in [-0.2, 0) is 0 Å². The van der Waals surface area contributed by atoms with Crippen molar-refractivity contribution in [1.82, 2.24) is 0 Å². The molecular formula is CH2F3IMg. The minimum atomic E-state index is -4.03. The van der Waals surface area contributed by atoms with Gasteiger partial charge in [-0.05, 0) is 0 Å². The third-order valence-corrected chi connectivity index (χ3v) is 0. The molecule has 36 valence electrons. The minimum absolute atomic E-state index is 0. The summed E-state index contributed by atoms with van der Waals surface area (Å²) < 4.78 is 27.0. The Morgan fingerprint density at radius 2 is 1.33 bits per heavy atom. The molecular weight excluding hydrogens is 220 g/mol. The van der Waals surface area contributed by atoms with Gasteiger partial charge >= 0.3 is 27.2 Å². The molecule has 0 atom stereocenters. The van der Waals surface area contributed by atoms with Crippen molar-refractivity contribution in [2.75, 3.05) is 0 Å². The molecule has 0 saturated heterocycles. The molecule has 0 aliphatic heterocycles. The van der Waals surface area contributed by atoms with E-state index in [9.17, 15) is 13.2 Å². The summed E-state index contributed by atoms with van der Waals surface area (Å²) in [6.45, 7) is 0. The van der Waals surface area contributed by atoms with Crippen LogP contribution < -0.4 is 0 Å². The maximum absolute atomic E-state index is 10.3. The number of halogens is 4. The monoisotopic (exact) mass is 222 g/mol. The maximum Gasteiger partial charge on any atom is 2.00 e. The Kier molecular flexibility index (Phi) is 5.68. The molecule has 0 heterocycles. The molecule has 0 bridgehead atoms. The molecule has 0 unspecified atom stereocenters. The Bertz CT molecular complexity index is 32.8. The summed E-state index contributed by atoms with van der Waals surface area (Å²) in [4.78, 5) is 0. The molecule has 0 aromatic rings. The predicted molar refractivity (Wildman–Crippen MR) is 28.1 cm³/mol. The average molecular weight is 222 g/mol. The Morgan fingerprint density at radius 1 is 1.33 bits per heavy atom. The first-order chi connectivity index (χ1) is 2.00. The molecule has 0 aliphatic carbocycles. The van der Waals surface area contributed by atoms with Crippen LogP contribution >= 0.6 is 22.6 Å². The zero-order valence-electron chi connectivity index (χ0n) is 4.72. The number of rotatable bonds is 0. The van der Waals surface area contributed by atoms with Crippen molar-refractivity contribution in [3.8, 4) is 0 Å². The van der Waals surface area contributed by atoms with Crippen molar-refractivity contribution in [3.63, 3.8) is 0 Å². The van der Waals surface area contributed by atoms with E-state index in [2.05, 4.69) is 0 Å². The van der Waals surface area contributed by atoms with Gasteiger partial charge in [0.05, 0.1) is 0 Å². The van der Waals surface area contributed by atoms with E-state index >= 15 is 0 Å². The first-order valence-electron chi connectivity index (χ1n) is 0.756. The molecule has 0 nitrogen and oxygen atoms in total. The van der Waals surface area contributed by atoms with Crippen molar-refractivity contribution in [2.45, 2.75) is 4.18 Å². The molecule has 0 saturated carbocycles. The molecule has 5 heteroatoms. The van der Waals surface area contributed by atoms with Crippen LogP contribution in [0.15, 0.2) is 0 Å². The van der Waals surface area contributed by atoms with Crippen LogP contribution in [0.25, 0.3) is 0 Å². The Morgan fingerprint density at radius 3 is 1.33 bits per heavy atom. The summed E-state index contributed by atoms with van der Waals surface area (Å²) in [6, 6.07) is 0. The third kappa shape index (κ3) is 58.7. The smallest absolute Gasteiger partial charge is 1.00 e. The second kappa shape index (κ2) is 3.31. The molecule has 0 fully saturated rings. The molecule has 0 aromatic heterocycles. The Labute approximate surface area is 65.7 Å². The van der Waals surface area contributed by atoms with Crippen molar-refractivity contribution < 1.29 is 16.0 Å². The Balaban J connectivity index is -0.0000000267. The van der Waals surface area contributed by atoms with Crippen molar-refractivity contribution in [3.05, 3.63) is 0 Å². The second-order valence-electron chi connectivity index (χ2n) is 0.429. The van der Waals surface area contributed by atoms with Gasteiger partial charge in [-0.3, -0.25) is 0 Å². The van der Waals surface area contributed by atoms with Gasteiger partial charge in [0.25, 0.3) is 0 Å². The van der Waals surface area contributed by atoms with E-state index in [1.165, 1.54) is 0 Å². The van der Waals surface area contributed by atoms with Crippen LogP contribution in [-0.4, -0.2) is 27.2 Å². The molecule has 6 heavy (non-hydrogen) atoms. The molecule has 0 aliphatic rings. The average Bonchev–Trinajstić information content (AvgIpc) is 0.722. The van der Waals surface area contributed by atoms with Crippen molar-refractivity contribution in [2.24, 2.45) is 0 Å². The second-order valence-corrected chi connectivity index (χ2v) is 1.65. The molecule has 0 N–H and O–H groups in total. The Hall–Kier alpha value is 1.29. The molecule has 0 rings (SSSR count). The van der Waals surface area contributed by atoms with Crippen LogP contribution in [0.5, 0.6) is 0 Å². The first-order valence-corrected chi connectivity index (χ1v) is 1.83. The van der Waals surface area contributed by atoms with Crippen LogP contribution in [0.3, 0.4) is 0 Å². The van der Waals surface area contributed by atoms with Crippen molar-refractivity contribution >= 4 is 45.6 Å². The van der Waals surface area contributed by atoms with Gasteiger partial charge in [0.1, 0.15) is 0 Å². The van der Waals surface area contributed by atoms with Crippen LogP contribution in [0, 0.1) is 0 Å². The minimum Gasteiger partial charge on any atom is -1.00 e. The number of alkyl halides is 4. The number of hydrogen-bond donors (Lipinski definition) is 0. The standard InChI is InChI=1S/CF3I.Mg.2H/c2-1(3,4)5;;;/q;+2;2*-1. The van der Waals surface area contributed by atoms with Gasteiger partial charge in [0.15, 0.2) is 0 Å². The normalized spacial score (nSPS) is 10.0. The summed E-state index contributed by atoms with van der Waals surface area (Å²) >= 11 is 0.378. The van der Waals surface area contributed by atoms with Gasteiger partial charge in [-0.25, -0.2) is 0 Å². The molecule has 0 radical (unpaired) electrons. The van der Waals surface area contributed by atoms with E-state index < -0.39 is 4.18 Å². The zero-order chi connectivity index (χ0) is 4.50. The SMILES string of the molecule is FC(F)(F)I.[H-].[H-].[Mg+2]. The van der Waals surface area contributed by atoms with Gasteiger partial charge < -0.3 is 2.85 Å². The summed E-state index contributed by atoms with van der Waals surface area (Å²) in [5.74, 6) is 0. The van der Waals surface area contributed by atoms with Gasteiger partial charge in [-0.1, -0.05) is 0 Å². The van der Waals surface area contributed by atoms with Gasteiger partial charge in [0.2, 0.25) is 0 Å². The van der Waals surface area contributed by atoms with Gasteiger partial charge in [-0.15, -0.1) is 0 Å². The fourth-order valence-electron chi connectivity index (χ4n) is 0. The molecule has 0 amide bonds. The summed E-state index contributed by atoms with van der Waals surface area (Å²) in [5, 5.41) is 0. The molecule has 0 aromatic carbocycles. The summed E-state index contributed by atoms with van der Waals surface area (Å²) in [5.41, 5.74) is 0. The zero-order valence-corrected chi connectivity index (χ0v) is 6.29. The van der Waals surface area contributed by atoms with Crippen molar-refractivity contribution in [1.29, 1.82) is 0 Å². The number of hydrogen-bond acceptors (Lipinski definition) is 0. The quantitative estimate of drug-likeness (QED) is 0.333. The summed E-state index contributed by atoms with van der Waals surface area (Å²) in [6.07, 6.45) is 0.